The van der Waals surface area contributed by atoms with Crippen LogP contribution in [0.4, 0.5) is 0 Å². The molecule has 4 nitrogen and oxygen atoms in total. The van der Waals surface area contributed by atoms with Crippen LogP contribution in [0.1, 0.15) is 59.3 Å². The maximum Gasteiger partial charge on any atom is 0.272 e. The van der Waals surface area contributed by atoms with Crippen LogP contribution in [-0.4, -0.2) is 18.7 Å². The molecule has 1 N–H and O–H groups in total. The fourth-order valence-corrected chi connectivity index (χ4v) is 2.93. The molecule has 2 rings (SSSR count). The molecule has 0 saturated heterocycles. The first-order valence-electron chi connectivity index (χ1n) is 8.70. The number of carbonyl (C=O) groups is 1. The van der Waals surface area contributed by atoms with Gasteiger partial charge < -0.3 is 4.74 Å². The van der Waals surface area contributed by atoms with Crippen molar-refractivity contribution in [2.45, 2.75) is 40.5 Å². The molecule has 138 valence electrons. The van der Waals surface area contributed by atoms with Gasteiger partial charge in [-0.05, 0) is 73.2 Å². The lowest BCUT2D eigenvalue weighted by molar-refractivity contribution is 0.0955. The van der Waals surface area contributed by atoms with Crippen molar-refractivity contribution >= 4 is 23.7 Å². The summed E-state index contributed by atoms with van der Waals surface area (Å²) in [6.07, 6.45) is 1.65. The van der Waals surface area contributed by atoms with Gasteiger partial charge in [-0.2, -0.15) is 5.10 Å². The van der Waals surface area contributed by atoms with Gasteiger partial charge in [0.1, 0.15) is 5.75 Å². The van der Waals surface area contributed by atoms with Gasteiger partial charge in [0.25, 0.3) is 5.91 Å². The van der Waals surface area contributed by atoms with Crippen LogP contribution in [-0.2, 0) is 0 Å². The Morgan fingerprint density at radius 3 is 2.62 bits per heavy atom. The zero-order chi connectivity index (χ0) is 19.3. The smallest absolute Gasteiger partial charge is 0.272 e. The Morgan fingerprint density at radius 2 is 2.00 bits per heavy atom. The van der Waals surface area contributed by atoms with E-state index >= 15 is 0 Å². The van der Waals surface area contributed by atoms with Crippen molar-refractivity contribution in [3.63, 3.8) is 0 Å². The summed E-state index contributed by atoms with van der Waals surface area (Å²) in [5.41, 5.74) is 7.03. The van der Waals surface area contributed by atoms with Crippen molar-refractivity contribution < 1.29 is 9.53 Å². The molecule has 0 atom stereocenters. The summed E-state index contributed by atoms with van der Waals surface area (Å²) >= 11 is 6.12. The van der Waals surface area contributed by atoms with Crippen LogP contribution >= 0.6 is 11.6 Å². The molecule has 0 aliphatic heterocycles. The van der Waals surface area contributed by atoms with Gasteiger partial charge in [-0.1, -0.05) is 31.5 Å². The van der Waals surface area contributed by atoms with Gasteiger partial charge in [-0.15, -0.1) is 0 Å². The van der Waals surface area contributed by atoms with Crippen molar-refractivity contribution in [3.05, 3.63) is 63.2 Å². The lowest BCUT2D eigenvalue weighted by Gasteiger charge is -2.15. The van der Waals surface area contributed by atoms with E-state index in [1.54, 1.807) is 18.3 Å². The van der Waals surface area contributed by atoms with Gasteiger partial charge in [-0.25, -0.2) is 5.43 Å². The molecule has 0 spiro atoms. The van der Waals surface area contributed by atoms with Crippen LogP contribution in [0, 0.1) is 13.8 Å². The van der Waals surface area contributed by atoms with Gasteiger partial charge in [0, 0.05) is 0 Å². The summed E-state index contributed by atoms with van der Waals surface area (Å²) in [7, 11) is 0. The van der Waals surface area contributed by atoms with E-state index < -0.39 is 0 Å². The Bertz CT molecular complexity index is 829. The second-order valence-electron chi connectivity index (χ2n) is 6.52. The lowest BCUT2D eigenvalue weighted by Crippen LogP contribution is -2.18. The normalized spacial score (nSPS) is 11.2. The van der Waals surface area contributed by atoms with E-state index in [0.29, 0.717) is 23.1 Å². The highest BCUT2D eigenvalue weighted by Gasteiger charge is 2.12. The standard InChI is InChI=1S/C21H25ClN2O2/c1-6-26-20-10-15(5)16(11-18(20)13(2)3)12-23-24-21(25)17-8-7-14(4)9-19(17)22/h7-13H,6H2,1-5H3,(H,24,25)/b23-12-. The first kappa shape index (κ1) is 20.0. The second kappa shape index (κ2) is 8.86. The molecule has 5 heteroatoms. The van der Waals surface area contributed by atoms with Crippen LogP contribution in [0.15, 0.2) is 35.4 Å². The second-order valence-corrected chi connectivity index (χ2v) is 6.92. The van der Waals surface area contributed by atoms with Gasteiger partial charge in [-0.3, -0.25) is 4.79 Å². The number of nitrogens with one attached hydrogen (secondary N) is 1. The molecular weight excluding hydrogens is 348 g/mol. The third-order valence-electron chi connectivity index (χ3n) is 4.06. The van der Waals surface area contributed by atoms with Crippen LogP contribution in [0.3, 0.4) is 0 Å². The number of carbonyl (C=O) groups excluding carboxylic acids is 1. The average molecular weight is 373 g/mol. The molecular formula is C21H25ClN2O2. The number of benzene rings is 2. The average Bonchev–Trinajstić information content (AvgIpc) is 2.56. The molecule has 2 aromatic carbocycles. The minimum absolute atomic E-state index is 0.324. The highest BCUT2D eigenvalue weighted by molar-refractivity contribution is 6.33. The molecule has 1 amide bonds. The quantitative estimate of drug-likeness (QED) is 0.556. The zero-order valence-electron chi connectivity index (χ0n) is 15.9. The summed E-state index contributed by atoms with van der Waals surface area (Å²) in [6, 6.07) is 9.36. The molecule has 0 aliphatic rings. The SMILES string of the molecule is CCOc1cc(C)c(/C=N\NC(=O)c2ccc(C)cc2Cl)cc1C(C)C. The molecule has 0 fully saturated rings. The molecule has 0 saturated carbocycles. The number of halogens is 1. The molecule has 0 radical (unpaired) electrons. The topological polar surface area (TPSA) is 50.7 Å². The number of hydrogen-bond donors (Lipinski definition) is 1. The molecule has 0 bridgehead atoms. The molecule has 0 aromatic heterocycles. The number of rotatable bonds is 6. The Balaban J connectivity index is 2.19. The predicted octanol–water partition coefficient (Wildman–Crippen LogP) is 5.24. The number of hydrazone groups is 1. The lowest BCUT2D eigenvalue weighted by atomic mass is 9.97. The minimum atomic E-state index is -0.334. The van der Waals surface area contributed by atoms with Gasteiger partial charge in [0.15, 0.2) is 0 Å². The van der Waals surface area contributed by atoms with Gasteiger partial charge in [0.2, 0.25) is 0 Å². The van der Waals surface area contributed by atoms with Crippen molar-refractivity contribution in [2.24, 2.45) is 5.10 Å². The molecule has 2 aromatic rings. The van der Waals surface area contributed by atoms with Crippen molar-refractivity contribution in [1.82, 2.24) is 5.43 Å². The molecule has 26 heavy (non-hydrogen) atoms. The first-order chi connectivity index (χ1) is 12.3. The van der Waals surface area contributed by atoms with E-state index in [1.165, 1.54) is 0 Å². The fourth-order valence-electron chi connectivity index (χ4n) is 2.61. The van der Waals surface area contributed by atoms with Crippen molar-refractivity contribution in [1.29, 1.82) is 0 Å². The van der Waals surface area contributed by atoms with E-state index in [0.717, 1.165) is 28.0 Å². The Labute approximate surface area is 160 Å². The highest BCUT2D eigenvalue weighted by atomic mass is 35.5. The third-order valence-corrected chi connectivity index (χ3v) is 4.37. The van der Waals surface area contributed by atoms with Crippen LogP contribution in [0.25, 0.3) is 0 Å². The Kier molecular flexibility index (Phi) is 6.81. The summed E-state index contributed by atoms with van der Waals surface area (Å²) in [6.45, 7) is 10.8. The number of ether oxygens (including phenoxy) is 1. The number of hydrogen-bond acceptors (Lipinski definition) is 3. The fraction of sp³-hybridized carbons (Fsp3) is 0.333. The van der Waals surface area contributed by atoms with Crippen LogP contribution in [0.2, 0.25) is 5.02 Å². The molecule has 0 aliphatic carbocycles. The third kappa shape index (κ3) is 4.85. The largest absolute Gasteiger partial charge is 0.494 e. The monoisotopic (exact) mass is 372 g/mol. The maximum absolute atomic E-state index is 12.2. The Hall–Kier alpha value is -2.33. The van der Waals surface area contributed by atoms with Crippen molar-refractivity contribution in [2.75, 3.05) is 6.61 Å². The molecule has 0 heterocycles. The van der Waals surface area contributed by atoms with Crippen LogP contribution < -0.4 is 10.2 Å². The summed E-state index contributed by atoms with van der Waals surface area (Å²) in [5.74, 6) is 0.886. The number of nitrogens with zero attached hydrogens (tertiary/aromatic N) is 1. The van der Waals surface area contributed by atoms with Crippen molar-refractivity contribution in [3.8, 4) is 5.75 Å². The van der Waals surface area contributed by atoms with E-state index in [2.05, 4.69) is 30.4 Å². The van der Waals surface area contributed by atoms with E-state index in [9.17, 15) is 4.79 Å². The van der Waals surface area contributed by atoms with Crippen LogP contribution in [0.5, 0.6) is 5.75 Å². The van der Waals surface area contributed by atoms with E-state index in [-0.39, 0.29) is 5.91 Å². The molecule has 0 unspecified atom stereocenters. The number of aryl methyl sites for hydroxylation is 2. The maximum atomic E-state index is 12.2. The van der Waals surface area contributed by atoms with Gasteiger partial charge >= 0.3 is 0 Å². The van der Waals surface area contributed by atoms with Gasteiger partial charge in [0.05, 0.1) is 23.4 Å². The summed E-state index contributed by atoms with van der Waals surface area (Å²) in [4.78, 5) is 12.2. The first-order valence-corrected chi connectivity index (χ1v) is 9.08. The number of amides is 1. The highest BCUT2D eigenvalue weighted by Crippen LogP contribution is 2.29. The van der Waals surface area contributed by atoms with E-state index in [4.69, 9.17) is 16.3 Å². The summed E-state index contributed by atoms with van der Waals surface area (Å²) < 4.78 is 5.73. The minimum Gasteiger partial charge on any atom is -0.494 e. The Morgan fingerprint density at radius 1 is 1.27 bits per heavy atom. The zero-order valence-corrected chi connectivity index (χ0v) is 16.6. The summed E-state index contributed by atoms with van der Waals surface area (Å²) in [5, 5.41) is 4.51. The van der Waals surface area contributed by atoms with E-state index in [1.807, 2.05) is 32.9 Å². The predicted molar refractivity (Wildman–Crippen MR) is 108 cm³/mol.